The second-order valence-corrected chi connectivity index (χ2v) is 3.71. The van der Waals surface area contributed by atoms with E-state index in [0.29, 0.717) is 17.9 Å². The van der Waals surface area contributed by atoms with Gasteiger partial charge < -0.3 is 9.47 Å². The number of nitrogens with zero attached hydrogens (tertiary/aromatic N) is 1. The van der Waals surface area contributed by atoms with Gasteiger partial charge in [-0.2, -0.15) is 5.26 Å². The van der Waals surface area contributed by atoms with E-state index in [2.05, 4.69) is 12.6 Å². The Kier molecular flexibility index (Phi) is 4.17. The van der Waals surface area contributed by atoms with Crippen LogP contribution in [0.5, 0.6) is 11.5 Å². The molecule has 0 radical (unpaired) electrons. The van der Waals surface area contributed by atoms with Crippen LogP contribution in [0.1, 0.15) is 18.9 Å². The minimum atomic E-state index is -0.667. The average Bonchev–Trinajstić information content (AvgIpc) is 2.41. The molecule has 0 spiro atoms. The van der Waals surface area contributed by atoms with Crippen molar-refractivity contribution < 1.29 is 9.47 Å². The van der Waals surface area contributed by atoms with Crippen LogP contribution < -0.4 is 9.47 Å². The maximum Gasteiger partial charge on any atom is 0.161 e. The highest BCUT2D eigenvalue weighted by Crippen LogP contribution is 2.35. The lowest BCUT2D eigenvalue weighted by molar-refractivity contribution is 0.354. The summed E-state index contributed by atoms with van der Waals surface area (Å²) in [6, 6.07) is 7.81. The molecule has 0 aromatic heterocycles. The van der Waals surface area contributed by atoms with E-state index >= 15 is 0 Å². The topological polar surface area (TPSA) is 42.2 Å². The third-order valence-corrected chi connectivity index (χ3v) is 3.00. The average molecular weight is 231 g/mol. The van der Waals surface area contributed by atoms with Crippen molar-refractivity contribution >= 4 is 0 Å². The molecule has 1 aromatic carbocycles. The first-order valence-corrected chi connectivity index (χ1v) is 5.44. The molecule has 0 aliphatic heterocycles. The molecule has 1 aromatic rings. The molecule has 17 heavy (non-hydrogen) atoms. The highest BCUT2D eigenvalue weighted by molar-refractivity contribution is 5.48. The Bertz CT molecular complexity index is 448. The van der Waals surface area contributed by atoms with Crippen LogP contribution in [0.4, 0.5) is 0 Å². The van der Waals surface area contributed by atoms with E-state index in [0.717, 1.165) is 5.56 Å². The predicted octanol–water partition coefficient (Wildman–Crippen LogP) is 3.06. The fourth-order valence-electron chi connectivity index (χ4n) is 1.77. The number of hydrogen-bond acceptors (Lipinski definition) is 3. The zero-order valence-corrected chi connectivity index (χ0v) is 10.5. The number of nitriles is 1. The molecule has 0 aliphatic rings. The smallest absolute Gasteiger partial charge is 0.161 e. The number of rotatable bonds is 5. The summed E-state index contributed by atoms with van der Waals surface area (Å²) in [5, 5.41) is 9.33. The van der Waals surface area contributed by atoms with Crippen LogP contribution in [0.25, 0.3) is 0 Å². The van der Waals surface area contributed by atoms with Crippen LogP contribution in [-0.4, -0.2) is 14.2 Å². The second-order valence-electron chi connectivity index (χ2n) is 3.71. The van der Waals surface area contributed by atoms with Crippen molar-refractivity contribution in [3.8, 4) is 17.6 Å². The third kappa shape index (κ3) is 2.26. The monoisotopic (exact) mass is 231 g/mol. The van der Waals surface area contributed by atoms with Crippen LogP contribution in [-0.2, 0) is 5.41 Å². The van der Waals surface area contributed by atoms with Crippen LogP contribution in [0.3, 0.4) is 0 Å². The largest absolute Gasteiger partial charge is 0.493 e. The maximum absolute atomic E-state index is 9.33. The lowest BCUT2D eigenvalue weighted by Gasteiger charge is -2.22. The number of hydrogen-bond donors (Lipinski definition) is 0. The molecule has 0 saturated heterocycles. The minimum absolute atomic E-state index is 0.625. The molecule has 1 unspecified atom stereocenters. The summed E-state index contributed by atoms with van der Waals surface area (Å²) in [5.74, 6) is 1.28. The molecular formula is C14H17NO2. The summed E-state index contributed by atoms with van der Waals surface area (Å²) < 4.78 is 10.4. The highest BCUT2D eigenvalue weighted by atomic mass is 16.5. The van der Waals surface area contributed by atoms with Crippen molar-refractivity contribution in [3.63, 3.8) is 0 Å². The van der Waals surface area contributed by atoms with Gasteiger partial charge in [-0.3, -0.25) is 0 Å². The van der Waals surface area contributed by atoms with Crippen molar-refractivity contribution in [3.05, 3.63) is 36.4 Å². The molecule has 0 heterocycles. The van der Waals surface area contributed by atoms with Gasteiger partial charge in [-0.25, -0.2) is 0 Å². The molecule has 0 aliphatic carbocycles. The van der Waals surface area contributed by atoms with Gasteiger partial charge in [-0.15, -0.1) is 6.58 Å². The Hall–Kier alpha value is -1.95. The Morgan fingerprint density at radius 3 is 2.41 bits per heavy atom. The highest BCUT2D eigenvalue weighted by Gasteiger charge is 2.27. The van der Waals surface area contributed by atoms with E-state index in [-0.39, 0.29) is 0 Å². The SMILES string of the molecule is C=CC(C#N)(CC)c1ccc(OC)c(OC)c1. The molecule has 3 nitrogen and oxygen atoms in total. The first-order chi connectivity index (χ1) is 8.17. The molecule has 3 heteroatoms. The van der Waals surface area contributed by atoms with Gasteiger partial charge in [0.15, 0.2) is 11.5 Å². The number of benzene rings is 1. The van der Waals surface area contributed by atoms with Gasteiger partial charge in [0.2, 0.25) is 0 Å². The number of allylic oxidation sites excluding steroid dienone is 1. The summed E-state index contributed by atoms with van der Waals surface area (Å²) in [7, 11) is 3.16. The van der Waals surface area contributed by atoms with Gasteiger partial charge in [0, 0.05) is 0 Å². The van der Waals surface area contributed by atoms with Gasteiger partial charge in [0.05, 0.1) is 25.7 Å². The zero-order valence-electron chi connectivity index (χ0n) is 10.5. The second kappa shape index (κ2) is 5.40. The van der Waals surface area contributed by atoms with E-state index in [1.165, 1.54) is 0 Å². The molecular weight excluding hydrogens is 214 g/mol. The lowest BCUT2D eigenvalue weighted by Crippen LogP contribution is -2.19. The number of methoxy groups -OCH3 is 2. The van der Waals surface area contributed by atoms with E-state index in [4.69, 9.17) is 9.47 Å². The molecule has 90 valence electrons. The summed E-state index contributed by atoms with van der Waals surface area (Å²) in [5.41, 5.74) is 0.203. The third-order valence-electron chi connectivity index (χ3n) is 3.00. The normalized spacial score (nSPS) is 13.3. The molecule has 0 bridgehead atoms. The van der Waals surface area contributed by atoms with Crippen molar-refractivity contribution in [1.82, 2.24) is 0 Å². The fourth-order valence-corrected chi connectivity index (χ4v) is 1.77. The quantitative estimate of drug-likeness (QED) is 0.731. The van der Waals surface area contributed by atoms with Crippen LogP contribution >= 0.6 is 0 Å². The predicted molar refractivity (Wildman–Crippen MR) is 67.3 cm³/mol. The van der Waals surface area contributed by atoms with Crippen molar-refractivity contribution in [2.45, 2.75) is 18.8 Å². The summed E-state index contributed by atoms with van der Waals surface area (Å²) in [4.78, 5) is 0. The van der Waals surface area contributed by atoms with E-state index in [1.54, 1.807) is 26.4 Å². The Labute approximate surface area is 102 Å². The van der Waals surface area contributed by atoms with E-state index in [9.17, 15) is 5.26 Å². The first-order valence-electron chi connectivity index (χ1n) is 5.44. The maximum atomic E-state index is 9.33. The summed E-state index contributed by atoms with van der Waals surface area (Å²) >= 11 is 0. The Morgan fingerprint density at radius 1 is 1.35 bits per heavy atom. The van der Waals surface area contributed by atoms with Gasteiger partial charge in [-0.05, 0) is 24.1 Å². The van der Waals surface area contributed by atoms with Crippen molar-refractivity contribution in [1.29, 1.82) is 5.26 Å². The van der Waals surface area contributed by atoms with Crippen molar-refractivity contribution in [2.24, 2.45) is 0 Å². The van der Waals surface area contributed by atoms with E-state index < -0.39 is 5.41 Å². The fraction of sp³-hybridized carbons (Fsp3) is 0.357. The standard InChI is InChI=1S/C14H17NO2/c1-5-14(6-2,10-15)11-7-8-12(16-3)13(9-11)17-4/h5,7-9H,1,6H2,2-4H3. The number of ether oxygens (including phenoxy) is 2. The van der Waals surface area contributed by atoms with Crippen LogP contribution in [0, 0.1) is 11.3 Å². The van der Waals surface area contributed by atoms with Crippen LogP contribution in [0.2, 0.25) is 0 Å². The molecule has 0 amide bonds. The van der Waals surface area contributed by atoms with Crippen molar-refractivity contribution in [2.75, 3.05) is 14.2 Å². The van der Waals surface area contributed by atoms with Gasteiger partial charge in [-0.1, -0.05) is 19.1 Å². The molecule has 1 atom stereocenters. The van der Waals surface area contributed by atoms with Gasteiger partial charge in [0.1, 0.15) is 0 Å². The van der Waals surface area contributed by atoms with Gasteiger partial charge >= 0.3 is 0 Å². The Balaban J connectivity index is 3.33. The molecule has 0 saturated carbocycles. The summed E-state index contributed by atoms with van der Waals surface area (Å²) in [6.07, 6.45) is 2.34. The van der Waals surface area contributed by atoms with Crippen LogP contribution in [0.15, 0.2) is 30.9 Å². The Morgan fingerprint density at radius 2 is 2.00 bits per heavy atom. The minimum Gasteiger partial charge on any atom is -0.493 e. The lowest BCUT2D eigenvalue weighted by atomic mass is 9.79. The molecule has 0 N–H and O–H groups in total. The molecule has 0 fully saturated rings. The van der Waals surface area contributed by atoms with E-state index in [1.807, 2.05) is 19.1 Å². The van der Waals surface area contributed by atoms with Gasteiger partial charge in [0.25, 0.3) is 0 Å². The zero-order chi connectivity index (χ0) is 12.9. The molecule has 1 rings (SSSR count). The first kappa shape index (κ1) is 13.1. The summed E-state index contributed by atoms with van der Waals surface area (Å²) in [6.45, 7) is 5.71.